The summed E-state index contributed by atoms with van der Waals surface area (Å²) in [6.45, 7) is 3.73. The largest absolute Gasteiger partial charge is 0.507 e. The van der Waals surface area contributed by atoms with Gasteiger partial charge in [-0.15, -0.1) is 0 Å². The highest BCUT2D eigenvalue weighted by atomic mass is 16.3. The molecular weight excluding hydrogens is 226 g/mol. The Balaban J connectivity index is 2.33. The molecule has 0 heterocycles. The SMILES string of the molecule is Cc1ccc(N=Cc2cccc(C)c2O)c(O)c1. The molecule has 0 atom stereocenters. The zero-order valence-electron chi connectivity index (χ0n) is 10.4. The van der Waals surface area contributed by atoms with E-state index in [4.69, 9.17) is 0 Å². The van der Waals surface area contributed by atoms with Gasteiger partial charge in [-0.25, -0.2) is 0 Å². The van der Waals surface area contributed by atoms with Crippen LogP contribution in [0.25, 0.3) is 0 Å². The van der Waals surface area contributed by atoms with Crippen LogP contribution in [0, 0.1) is 13.8 Å². The van der Waals surface area contributed by atoms with Gasteiger partial charge in [0.1, 0.15) is 17.2 Å². The molecule has 0 saturated carbocycles. The lowest BCUT2D eigenvalue weighted by Gasteiger charge is -2.03. The van der Waals surface area contributed by atoms with Crippen molar-refractivity contribution in [2.24, 2.45) is 4.99 Å². The summed E-state index contributed by atoms with van der Waals surface area (Å²) in [6, 6.07) is 10.7. The van der Waals surface area contributed by atoms with E-state index in [9.17, 15) is 10.2 Å². The molecule has 0 radical (unpaired) electrons. The molecule has 2 aromatic rings. The fourth-order valence-corrected chi connectivity index (χ4v) is 1.67. The number of aliphatic imine (C=N–C) groups is 1. The van der Waals surface area contributed by atoms with Crippen molar-refractivity contribution in [3.8, 4) is 11.5 Å². The standard InChI is InChI=1S/C15H15NO2/c1-10-6-7-13(14(17)8-10)16-9-12-5-3-4-11(2)15(12)18/h3-9,17-18H,1-2H3. The van der Waals surface area contributed by atoms with Crippen molar-refractivity contribution in [2.75, 3.05) is 0 Å². The van der Waals surface area contributed by atoms with Gasteiger partial charge in [0, 0.05) is 11.8 Å². The Hall–Kier alpha value is -2.29. The van der Waals surface area contributed by atoms with Crippen molar-refractivity contribution < 1.29 is 10.2 Å². The van der Waals surface area contributed by atoms with Crippen molar-refractivity contribution >= 4 is 11.9 Å². The Morgan fingerprint density at radius 3 is 2.56 bits per heavy atom. The lowest BCUT2D eigenvalue weighted by Crippen LogP contribution is -1.84. The van der Waals surface area contributed by atoms with Crippen molar-refractivity contribution in [3.63, 3.8) is 0 Å². The minimum Gasteiger partial charge on any atom is -0.507 e. The lowest BCUT2D eigenvalue weighted by molar-refractivity contribution is 0.470. The predicted molar refractivity (Wildman–Crippen MR) is 72.9 cm³/mol. The molecule has 3 heteroatoms. The van der Waals surface area contributed by atoms with E-state index in [1.807, 2.05) is 32.0 Å². The highest BCUT2D eigenvalue weighted by Crippen LogP contribution is 2.27. The molecule has 0 spiro atoms. The van der Waals surface area contributed by atoms with Gasteiger partial charge in [0.2, 0.25) is 0 Å². The molecule has 0 aromatic heterocycles. The monoisotopic (exact) mass is 241 g/mol. The number of aromatic hydroxyl groups is 2. The van der Waals surface area contributed by atoms with Gasteiger partial charge in [0.25, 0.3) is 0 Å². The molecule has 0 aliphatic carbocycles. The molecule has 0 unspecified atom stereocenters. The number of para-hydroxylation sites is 1. The van der Waals surface area contributed by atoms with Crippen LogP contribution in [0.2, 0.25) is 0 Å². The first-order chi connectivity index (χ1) is 8.58. The summed E-state index contributed by atoms with van der Waals surface area (Å²) in [6.07, 6.45) is 1.55. The molecule has 0 amide bonds. The first-order valence-electron chi connectivity index (χ1n) is 5.70. The summed E-state index contributed by atoms with van der Waals surface area (Å²) >= 11 is 0. The second-order valence-corrected chi connectivity index (χ2v) is 4.26. The first kappa shape index (κ1) is 12.2. The predicted octanol–water partition coefficient (Wildman–Crippen LogP) is 3.47. The molecule has 0 aliphatic rings. The van der Waals surface area contributed by atoms with E-state index >= 15 is 0 Å². The number of rotatable bonds is 2. The van der Waals surface area contributed by atoms with Crippen molar-refractivity contribution in [2.45, 2.75) is 13.8 Å². The molecule has 2 aromatic carbocycles. The normalized spacial score (nSPS) is 11.0. The Labute approximate surface area is 106 Å². The third-order valence-electron chi connectivity index (χ3n) is 2.74. The minimum atomic E-state index is 0.137. The summed E-state index contributed by atoms with van der Waals surface area (Å²) < 4.78 is 0. The number of phenolic OH excluding ortho intramolecular Hbond substituents is 2. The summed E-state index contributed by atoms with van der Waals surface area (Å²) in [7, 11) is 0. The fraction of sp³-hybridized carbons (Fsp3) is 0.133. The van der Waals surface area contributed by atoms with E-state index in [1.165, 1.54) is 0 Å². The van der Waals surface area contributed by atoms with E-state index < -0.39 is 0 Å². The average molecular weight is 241 g/mol. The average Bonchev–Trinajstić information content (AvgIpc) is 2.33. The van der Waals surface area contributed by atoms with Gasteiger partial charge in [0.05, 0.1) is 0 Å². The second kappa shape index (κ2) is 4.92. The molecular formula is C15H15NO2. The van der Waals surface area contributed by atoms with Gasteiger partial charge in [-0.3, -0.25) is 4.99 Å². The van der Waals surface area contributed by atoms with Crippen LogP contribution in [0.5, 0.6) is 11.5 Å². The van der Waals surface area contributed by atoms with Gasteiger partial charge in [0.15, 0.2) is 0 Å². The molecule has 18 heavy (non-hydrogen) atoms. The fourth-order valence-electron chi connectivity index (χ4n) is 1.67. The molecule has 0 aliphatic heterocycles. The number of hydrogen-bond donors (Lipinski definition) is 2. The smallest absolute Gasteiger partial charge is 0.141 e. The van der Waals surface area contributed by atoms with Crippen LogP contribution in [-0.4, -0.2) is 16.4 Å². The van der Waals surface area contributed by atoms with Crippen LogP contribution in [-0.2, 0) is 0 Å². The van der Waals surface area contributed by atoms with E-state index in [0.29, 0.717) is 11.3 Å². The maximum absolute atomic E-state index is 9.84. The quantitative estimate of drug-likeness (QED) is 0.791. The van der Waals surface area contributed by atoms with Crippen LogP contribution in [0.1, 0.15) is 16.7 Å². The van der Waals surface area contributed by atoms with Gasteiger partial charge in [-0.2, -0.15) is 0 Å². The molecule has 2 N–H and O–H groups in total. The first-order valence-corrected chi connectivity index (χ1v) is 5.70. The van der Waals surface area contributed by atoms with Gasteiger partial charge in [-0.05, 0) is 43.2 Å². The summed E-state index contributed by atoms with van der Waals surface area (Å²) in [5.74, 6) is 0.353. The maximum atomic E-state index is 9.84. The molecule has 3 nitrogen and oxygen atoms in total. The maximum Gasteiger partial charge on any atom is 0.141 e. The minimum absolute atomic E-state index is 0.137. The van der Waals surface area contributed by atoms with Crippen molar-refractivity contribution in [1.82, 2.24) is 0 Å². The summed E-state index contributed by atoms with van der Waals surface area (Å²) in [4.78, 5) is 4.18. The van der Waals surface area contributed by atoms with Crippen LogP contribution < -0.4 is 0 Å². The Morgan fingerprint density at radius 2 is 1.83 bits per heavy atom. The number of hydrogen-bond acceptors (Lipinski definition) is 3. The van der Waals surface area contributed by atoms with Crippen molar-refractivity contribution in [1.29, 1.82) is 0 Å². The van der Waals surface area contributed by atoms with Crippen LogP contribution in [0.15, 0.2) is 41.4 Å². The third-order valence-corrected chi connectivity index (χ3v) is 2.74. The molecule has 0 bridgehead atoms. The van der Waals surface area contributed by atoms with Gasteiger partial charge < -0.3 is 10.2 Å². The van der Waals surface area contributed by atoms with Crippen molar-refractivity contribution in [3.05, 3.63) is 53.1 Å². The Bertz CT molecular complexity index is 603. The topological polar surface area (TPSA) is 52.8 Å². The van der Waals surface area contributed by atoms with E-state index in [2.05, 4.69) is 4.99 Å². The van der Waals surface area contributed by atoms with E-state index in [-0.39, 0.29) is 11.5 Å². The highest BCUT2D eigenvalue weighted by Gasteiger charge is 2.02. The van der Waals surface area contributed by atoms with E-state index in [0.717, 1.165) is 11.1 Å². The van der Waals surface area contributed by atoms with Gasteiger partial charge >= 0.3 is 0 Å². The Morgan fingerprint density at radius 1 is 1.06 bits per heavy atom. The number of nitrogens with zero attached hydrogens (tertiary/aromatic N) is 1. The Kier molecular flexibility index (Phi) is 3.33. The van der Waals surface area contributed by atoms with Crippen LogP contribution in [0.3, 0.4) is 0 Å². The number of benzene rings is 2. The summed E-state index contributed by atoms with van der Waals surface area (Å²) in [5, 5.41) is 19.6. The highest BCUT2D eigenvalue weighted by molar-refractivity contribution is 5.86. The molecule has 0 fully saturated rings. The van der Waals surface area contributed by atoms with Crippen LogP contribution in [0.4, 0.5) is 5.69 Å². The lowest BCUT2D eigenvalue weighted by atomic mass is 10.1. The zero-order valence-corrected chi connectivity index (χ0v) is 10.4. The third kappa shape index (κ3) is 2.51. The number of aryl methyl sites for hydroxylation is 2. The second-order valence-electron chi connectivity index (χ2n) is 4.26. The van der Waals surface area contributed by atoms with E-state index in [1.54, 1.807) is 24.4 Å². The molecule has 0 saturated heterocycles. The molecule has 92 valence electrons. The number of phenols is 2. The van der Waals surface area contributed by atoms with Gasteiger partial charge in [-0.1, -0.05) is 18.2 Å². The molecule has 2 rings (SSSR count). The zero-order chi connectivity index (χ0) is 13.1. The summed E-state index contributed by atoms with van der Waals surface area (Å²) in [5.41, 5.74) is 2.90. The van der Waals surface area contributed by atoms with Crippen LogP contribution >= 0.6 is 0 Å².